The van der Waals surface area contributed by atoms with Gasteiger partial charge in [0.1, 0.15) is 23.1 Å². The number of hydrogen-bond donors (Lipinski definition) is 1. The van der Waals surface area contributed by atoms with Crippen molar-refractivity contribution in [1.29, 1.82) is 0 Å². The third-order valence-electron chi connectivity index (χ3n) is 10.8. The topological polar surface area (TPSA) is 126 Å². The van der Waals surface area contributed by atoms with E-state index < -0.39 is 6.04 Å². The smallest absolute Gasteiger partial charge is 0.277 e. The van der Waals surface area contributed by atoms with Gasteiger partial charge in [0.15, 0.2) is 0 Å². The average molecular weight is 683 g/mol. The van der Waals surface area contributed by atoms with E-state index in [1.165, 1.54) is 11.3 Å². The number of nitrogens with zero attached hydrogens (tertiary/aromatic N) is 5. The Bertz CT molecular complexity index is 2050. The lowest BCUT2D eigenvalue weighted by molar-refractivity contribution is -0.136. The lowest BCUT2D eigenvalue weighted by atomic mass is 9.71. The molecule has 49 heavy (non-hydrogen) atoms. The number of piperidine rings is 2. The molecule has 0 bridgehead atoms. The maximum Gasteiger partial charge on any atom is 0.277 e. The fourth-order valence-electron chi connectivity index (χ4n) is 7.98. The number of fused-ring (bicyclic) bond motifs is 2. The van der Waals surface area contributed by atoms with Gasteiger partial charge < -0.3 is 23.8 Å². The van der Waals surface area contributed by atoms with Crippen LogP contribution in [0.2, 0.25) is 0 Å². The third kappa shape index (κ3) is 5.35. The van der Waals surface area contributed by atoms with Gasteiger partial charge in [-0.05, 0) is 67.7 Å². The van der Waals surface area contributed by atoms with Crippen molar-refractivity contribution in [3.05, 3.63) is 69.1 Å². The summed E-state index contributed by atoms with van der Waals surface area (Å²) < 4.78 is 14.2. The van der Waals surface area contributed by atoms with Gasteiger partial charge in [-0.1, -0.05) is 6.07 Å². The summed E-state index contributed by atoms with van der Waals surface area (Å²) in [6.45, 7) is 4.88. The number of rotatable bonds is 7. The minimum atomic E-state index is -0.605. The van der Waals surface area contributed by atoms with Gasteiger partial charge in [-0.15, -0.1) is 11.3 Å². The van der Waals surface area contributed by atoms with Crippen LogP contribution in [0.25, 0.3) is 21.3 Å². The Morgan fingerprint density at radius 1 is 1.00 bits per heavy atom. The highest BCUT2D eigenvalue weighted by atomic mass is 32.1. The van der Waals surface area contributed by atoms with Gasteiger partial charge >= 0.3 is 0 Å². The summed E-state index contributed by atoms with van der Waals surface area (Å²) in [5, 5.41) is 2.37. The number of ether oxygens (including phenoxy) is 2. The summed E-state index contributed by atoms with van der Waals surface area (Å²) in [6.07, 6.45) is 4.60. The molecule has 2 aromatic carbocycles. The molecule has 2 aromatic heterocycles. The van der Waals surface area contributed by atoms with E-state index in [0.29, 0.717) is 30.6 Å². The molecule has 3 fully saturated rings. The number of benzene rings is 2. The number of carbonyl (C=O) groups excluding carboxylic acids is 3. The molecular formula is C36H38N6O6S. The van der Waals surface area contributed by atoms with Gasteiger partial charge in [-0.25, -0.2) is 4.98 Å². The molecule has 4 aromatic rings. The normalized spacial score (nSPS) is 20.5. The minimum Gasteiger partial charge on any atom is -0.496 e. The lowest BCUT2D eigenvalue weighted by Crippen LogP contribution is -2.60. The number of methoxy groups -OCH3 is 2. The van der Waals surface area contributed by atoms with E-state index in [1.54, 1.807) is 36.2 Å². The van der Waals surface area contributed by atoms with Crippen molar-refractivity contribution in [3.63, 3.8) is 0 Å². The molecule has 12 nitrogen and oxygen atoms in total. The second-order valence-electron chi connectivity index (χ2n) is 13.7. The van der Waals surface area contributed by atoms with Crippen LogP contribution in [0.1, 0.15) is 47.2 Å². The average Bonchev–Trinajstić information content (AvgIpc) is 3.71. The predicted molar refractivity (Wildman–Crippen MR) is 185 cm³/mol. The van der Waals surface area contributed by atoms with Crippen molar-refractivity contribution >= 4 is 45.0 Å². The number of pyridine rings is 1. The van der Waals surface area contributed by atoms with Crippen molar-refractivity contribution in [3.8, 4) is 22.6 Å². The summed E-state index contributed by atoms with van der Waals surface area (Å²) >= 11 is 1.45. The van der Waals surface area contributed by atoms with E-state index in [9.17, 15) is 19.2 Å². The first-order valence-electron chi connectivity index (χ1n) is 16.6. The van der Waals surface area contributed by atoms with Gasteiger partial charge in [0.05, 0.1) is 30.0 Å². The van der Waals surface area contributed by atoms with E-state index in [0.717, 1.165) is 83.2 Å². The molecule has 4 aliphatic rings. The van der Waals surface area contributed by atoms with E-state index in [-0.39, 0.29) is 35.1 Å². The van der Waals surface area contributed by atoms with E-state index in [2.05, 4.69) is 26.2 Å². The van der Waals surface area contributed by atoms with Crippen LogP contribution in [0, 0.1) is 5.41 Å². The maximum absolute atomic E-state index is 13.3. The van der Waals surface area contributed by atoms with Crippen molar-refractivity contribution in [2.45, 2.75) is 44.8 Å². The van der Waals surface area contributed by atoms with Gasteiger partial charge in [0.25, 0.3) is 11.5 Å². The monoisotopic (exact) mass is 682 g/mol. The summed E-state index contributed by atoms with van der Waals surface area (Å²) in [4.78, 5) is 60.7. The number of thiazole rings is 1. The Balaban J connectivity index is 0.925. The second kappa shape index (κ2) is 12.0. The molecule has 13 heteroatoms. The largest absolute Gasteiger partial charge is 0.496 e. The first kappa shape index (κ1) is 31.5. The van der Waals surface area contributed by atoms with Crippen molar-refractivity contribution in [2.75, 3.05) is 45.3 Å². The highest BCUT2D eigenvalue weighted by Crippen LogP contribution is 2.45. The quantitative estimate of drug-likeness (QED) is 0.292. The Hall–Kier alpha value is -4.75. The van der Waals surface area contributed by atoms with Crippen LogP contribution in [-0.2, 0) is 29.7 Å². The first-order valence-corrected chi connectivity index (χ1v) is 17.5. The Morgan fingerprint density at radius 3 is 2.43 bits per heavy atom. The summed E-state index contributed by atoms with van der Waals surface area (Å²) in [5.74, 6) is 0.689. The molecule has 4 aliphatic heterocycles. The molecule has 3 saturated heterocycles. The van der Waals surface area contributed by atoms with Gasteiger partial charge in [-0.2, -0.15) is 0 Å². The van der Waals surface area contributed by atoms with Crippen LogP contribution in [0.3, 0.4) is 0 Å². The Kier molecular flexibility index (Phi) is 7.71. The summed E-state index contributed by atoms with van der Waals surface area (Å²) in [6, 6.07) is 9.51. The van der Waals surface area contributed by atoms with Crippen LogP contribution < -0.4 is 25.2 Å². The SMILES string of the molecule is COc1cc(-c2cn(C)c(=O)c3ncsc23)cc(OC)c1CN1CCC2(CC1)CN(c1ccc3c(c1)C(=O)N(C1CCC(=O)NC1=O)C3)C2. The molecule has 0 saturated carbocycles. The number of likely N-dealkylation sites (tertiary alicyclic amines) is 1. The molecule has 0 aliphatic carbocycles. The maximum atomic E-state index is 13.3. The summed E-state index contributed by atoms with van der Waals surface area (Å²) in [5.41, 5.74) is 7.72. The third-order valence-corrected chi connectivity index (χ3v) is 11.7. The molecule has 0 radical (unpaired) electrons. The molecular weight excluding hydrogens is 644 g/mol. The lowest BCUT2D eigenvalue weighted by Gasteiger charge is -2.55. The molecule has 8 rings (SSSR count). The standard InChI is InChI=1S/C36H38N6O6S/c1-39-16-25(32-31(35(39)46)37-20-49-32)22-12-28(47-2)26(29(13-22)48-3)17-40-10-8-36(9-11-40)18-41(19-36)23-5-4-21-15-42(34(45)24(21)14-23)27-6-7-30(43)38-33(27)44/h4-5,12-14,16,20,27H,6-11,15,17-19H2,1-3H3,(H,38,43,44). The fourth-order valence-corrected chi connectivity index (χ4v) is 8.79. The minimum absolute atomic E-state index is 0.117. The van der Waals surface area contributed by atoms with Gasteiger partial charge in [0.2, 0.25) is 11.8 Å². The number of nitrogens with one attached hydrogen (secondary N) is 1. The number of anilines is 1. The van der Waals surface area contributed by atoms with Crippen molar-refractivity contribution in [1.82, 2.24) is 24.7 Å². The van der Waals surface area contributed by atoms with Crippen LogP contribution in [0.5, 0.6) is 11.5 Å². The predicted octanol–water partition coefficient (Wildman–Crippen LogP) is 3.54. The van der Waals surface area contributed by atoms with E-state index in [1.807, 2.05) is 30.5 Å². The van der Waals surface area contributed by atoms with Crippen LogP contribution in [0.4, 0.5) is 5.69 Å². The number of carbonyl (C=O) groups is 3. The highest BCUT2D eigenvalue weighted by molar-refractivity contribution is 7.17. The van der Waals surface area contributed by atoms with Crippen LogP contribution in [0.15, 0.2) is 46.8 Å². The zero-order chi connectivity index (χ0) is 34.0. The van der Waals surface area contributed by atoms with Crippen LogP contribution in [-0.4, -0.2) is 83.5 Å². The van der Waals surface area contributed by atoms with Crippen molar-refractivity contribution in [2.24, 2.45) is 12.5 Å². The van der Waals surface area contributed by atoms with Gasteiger partial charge in [-0.3, -0.25) is 29.4 Å². The zero-order valence-corrected chi connectivity index (χ0v) is 28.6. The molecule has 3 amide bonds. The Labute approximate surface area is 287 Å². The number of imide groups is 1. The van der Waals surface area contributed by atoms with Gasteiger partial charge in [0, 0.05) is 68.1 Å². The zero-order valence-electron chi connectivity index (χ0n) is 27.8. The number of aromatic nitrogens is 2. The first-order chi connectivity index (χ1) is 23.7. The molecule has 1 atom stereocenters. The molecule has 6 heterocycles. The van der Waals surface area contributed by atoms with Crippen LogP contribution >= 0.6 is 11.3 Å². The van der Waals surface area contributed by atoms with E-state index in [4.69, 9.17) is 9.47 Å². The Morgan fingerprint density at radius 2 is 1.73 bits per heavy atom. The molecule has 1 spiro atoms. The molecule has 254 valence electrons. The number of hydrogen-bond acceptors (Lipinski definition) is 10. The highest BCUT2D eigenvalue weighted by Gasteiger charge is 2.46. The summed E-state index contributed by atoms with van der Waals surface area (Å²) in [7, 11) is 5.10. The number of aryl methyl sites for hydroxylation is 1. The molecule has 1 N–H and O–H groups in total. The second-order valence-corrected chi connectivity index (χ2v) is 14.6. The van der Waals surface area contributed by atoms with E-state index >= 15 is 0 Å². The van der Waals surface area contributed by atoms with Crippen molar-refractivity contribution < 1.29 is 23.9 Å². The fraction of sp³-hybridized carbons (Fsp3) is 0.417. The molecule has 1 unspecified atom stereocenters. The number of amides is 3.